The van der Waals surface area contributed by atoms with Crippen molar-refractivity contribution in [2.45, 2.75) is 6.04 Å². The second kappa shape index (κ2) is 3.48. The molecule has 10 heavy (non-hydrogen) atoms. The third-order valence-corrected chi connectivity index (χ3v) is 3.03. The fourth-order valence-electron chi connectivity index (χ4n) is 0.639. The van der Waals surface area contributed by atoms with E-state index in [1.165, 1.54) is 0 Å². The third kappa shape index (κ3) is 1.79. The molecule has 0 fully saturated rings. The zero-order chi connectivity index (χ0) is 7.56. The summed E-state index contributed by atoms with van der Waals surface area (Å²) in [6.45, 7) is 0.507. The molecule has 1 atom stereocenters. The molecule has 1 rings (SSSR count). The topological polar surface area (TPSA) is 52.0 Å². The van der Waals surface area contributed by atoms with Gasteiger partial charge in [0.1, 0.15) is 0 Å². The lowest BCUT2D eigenvalue weighted by molar-refractivity contribution is 0.751. The maximum atomic E-state index is 5.67. The van der Waals surface area contributed by atoms with Gasteiger partial charge in [-0.15, -0.1) is 11.3 Å². The number of hydrogen-bond acceptors (Lipinski definition) is 3. The molecule has 1 aromatic rings. The Kier molecular flexibility index (Phi) is 2.85. The first-order valence-electron chi connectivity index (χ1n) is 2.93. The van der Waals surface area contributed by atoms with Crippen molar-refractivity contribution in [1.29, 1.82) is 0 Å². The summed E-state index contributed by atoms with van der Waals surface area (Å²) < 4.78 is 1.08. The molecule has 0 bridgehead atoms. The molecule has 1 unspecified atom stereocenters. The molecule has 0 aromatic carbocycles. The predicted molar refractivity (Wildman–Crippen MR) is 48.0 cm³/mol. The molecule has 0 amide bonds. The fraction of sp³-hybridized carbons (Fsp3) is 0.333. The van der Waals surface area contributed by atoms with Gasteiger partial charge < -0.3 is 11.5 Å². The highest BCUT2D eigenvalue weighted by atomic mass is 79.9. The van der Waals surface area contributed by atoms with Gasteiger partial charge in [0, 0.05) is 21.3 Å². The molecule has 0 spiro atoms. The van der Waals surface area contributed by atoms with Crippen LogP contribution in [-0.2, 0) is 0 Å². The summed E-state index contributed by atoms with van der Waals surface area (Å²) in [6, 6.07) is 2.00. The van der Waals surface area contributed by atoms with Crippen LogP contribution in [0.2, 0.25) is 0 Å². The largest absolute Gasteiger partial charge is 0.329 e. The van der Waals surface area contributed by atoms with E-state index in [0.717, 1.165) is 9.35 Å². The zero-order valence-electron chi connectivity index (χ0n) is 5.38. The van der Waals surface area contributed by atoms with Crippen LogP contribution in [0.5, 0.6) is 0 Å². The van der Waals surface area contributed by atoms with Gasteiger partial charge >= 0.3 is 0 Å². The van der Waals surface area contributed by atoms with Gasteiger partial charge in [0.05, 0.1) is 6.04 Å². The van der Waals surface area contributed by atoms with Gasteiger partial charge in [-0.25, -0.2) is 0 Å². The molecular weight excluding hydrogens is 212 g/mol. The molecule has 0 aliphatic carbocycles. The highest BCUT2D eigenvalue weighted by Gasteiger charge is 2.04. The van der Waals surface area contributed by atoms with E-state index >= 15 is 0 Å². The quantitative estimate of drug-likeness (QED) is 0.794. The summed E-state index contributed by atoms with van der Waals surface area (Å²) >= 11 is 4.97. The molecule has 0 aliphatic heterocycles. The summed E-state index contributed by atoms with van der Waals surface area (Å²) in [6.07, 6.45) is 0. The van der Waals surface area contributed by atoms with E-state index in [0.29, 0.717) is 6.54 Å². The molecule has 0 aliphatic rings. The first kappa shape index (κ1) is 8.20. The minimum absolute atomic E-state index is 0.00343. The third-order valence-electron chi connectivity index (χ3n) is 1.21. The van der Waals surface area contributed by atoms with E-state index in [1.807, 2.05) is 11.4 Å². The van der Waals surface area contributed by atoms with Crippen LogP contribution in [0.1, 0.15) is 10.9 Å². The zero-order valence-corrected chi connectivity index (χ0v) is 7.78. The van der Waals surface area contributed by atoms with Crippen LogP contribution in [0.3, 0.4) is 0 Å². The first-order chi connectivity index (χ1) is 4.74. The van der Waals surface area contributed by atoms with E-state index < -0.39 is 0 Å². The molecule has 0 radical (unpaired) electrons. The molecular formula is C6H9BrN2S. The van der Waals surface area contributed by atoms with Crippen molar-refractivity contribution in [3.8, 4) is 0 Å². The Bertz CT molecular complexity index is 211. The highest BCUT2D eigenvalue weighted by molar-refractivity contribution is 9.10. The number of halogens is 1. The number of thiophene rings is 1. The molecule has 56 valence electrons. The van der Waals surface area contributed by atoms with Gasteiger partial charge in [0.25, 0.3) is 0 Å². The summed E-state index contributed by atoms with van der Waals surface area (Å²) in [5.41, 5.74) is 11.1. The number of rotatable bonds is 2. The van der Waals surface area contributed by atoms with Gasteiger partial charge in [-0.1, -0.05) is 0 Å². The van der Waals surface area contributed by atoms with E-state index in [-0.39, 0.29) is 6.04 Å². The Morgan fingerprint density at radius 1 is 1.70 bits per heavy atom. The first-order valence-corrected chi connectivity index (χ1v) is 4.61. The van der Waals surface area contributed by atoms with Gasteiger partial charge in [-0.2, -0.15) is 0 Å². The monoisotopic (exact) mass is 220 g/mol. The van der Waals surface area contributed by atoms with Crippen LogP contribution in [0.15, 0.2) is 15.9 Å². The van der Waals surface area contributed by atoms with Crippen LogP contribution in [0, 0.1) is 0 Å². The van der Waals surface area contributed by atoms with E-state index in [4.69, 9.17) is 11.5 Å². The SMILES string of the molecule is NCC(N)c1cc(Br)cs1. The molecule has 0 saturated carbocycles. The van der Waals surface area contributed by atoms with Gasteiger partial charge in [-0.05, 0) is 22.0 Å². The average molecular weight is 221 g/mol. The van der Waals surface area contributed by atoms with Crippen LogP contribution in [-0.4, -0.2) is 6.54 Å². The summed E-state index contributed by atoms with van der Waals surface area (Å²) in [4.78, 5) is 1.13. The van der Waals surface area contributed by atoms with E-state index in [2.05, 4.69) is 15.9 Å². The smallest absolute Gasteiger partial charge is 0.0514 e. The maximum absolute atomic E-state index is 5.67. The average Bonchev–Trinajstić information content (AvgIpc) is 2.34. The van der Waals surface area contributed by atoms with E-state index in [1.54, 1.807) is 11.3 Å². The van der Waals surface area contributed by atoms with Gasteiger partial charge in [0.15, 0.2) is 0 Å². The minimum atomic E-state index is -0.00343. The molecule has 4 heteroatoms. The Morgan fingerprint density at radius 2 is 2.40 bits per heavy atom. The second-order valence-electron chi connectivity index (χ2n) is 2.01. The van der Waals surface area contributed by atoms with Crippen molar-refractivity contribution in [1.82, 2.24) is 0 Å². The van der Waals surface area contributed by atoms with Crippen LogP contribution >= 0.6 is 27.3 Å². The molecule has 2 nitrogen and oxygen atoms in total. The maximum Gasteiger partial charge on any atom is 0.0514 e. The fourth-order valence-corrected chi connectivity index (χ4v) is 2.10. The lowest BCUT2D eigenvalue weighted by Crippen LogP contribution is -2.19. The molecule has 4 N–H and O–H groups in total. The molecule has 1 aromatic heterocycles. The van der Waals surface area contributed by atoms with Gasteiger partial charge in [-0.3, -0.25) is 0 Å². The Hall–Kier alpha value is 0.1000. The number of hydrogen-bond donors (Lipinski definition) is 2. The van der Waals surface area contributed by atoms with Crippen LogP contribution in [0.25, 0.3) is 0 Å². The Labute approximate surface area is 72.3 Å². The number of nitrogens with two attached hydrogens (primary N) is 2. The molecule has 1 heterocycles. The van der Waals surface area contributed by atoms with Crippen molar-refractivity contribution in [3.63, 3.8) is 0 Å². The molecule has 0 saturated heterocycles. The summed E-state index contributed by atoms with van der Waals surface area (Å²) in [5, 5.41) is 2.00. The lowest BCUT2D eigenvalue weighted by Gasteiger charge is -2.02. The van der Waals surface area contributed by atoms with Gasteiger partial charge in [0.2, 0.25) is 0 Å². The van der Waals surface area contributed by atoms with Crippen molar-refractivity contribution < 1.29 is 0 Å². The summed E-state index contributed by atoms with van der Waals surface area (Å²) in [5.74, 6) is 0. The Balaban J connectivity index is 2.74. The minimum Gasteiger partial charge on any atom is -0.329 e. The normalized spacial score (nSPS) is 13.5. The van der Waals surface area contributed by atoms with Crippen molar-refractivity contribution in [3.05, 3.63) is 20.8 Å². The second-order valence-corrected chi connectivity index (χ2v) is 3.87. The van der Waals surface area contributed by atoms with Crippen LogP contribution < -0.4 is 11.5 Å². The van der Waals surface area contributed by atoms with Crippen molar-refractivity contribution in [2.75, 3.05) is 6.54 Å². The van der Waals surface area contributed by atoms with Crippen molar-refractivity contribution in [2.24, 2.45) is 11.5 Å². The predicted octanol–water partition coefficient (Wildman–Crippen LogP) is 1.47. The summed E-state index contributed by atoms with van der Waals surface area (Å²) in [7, 11) is 0. The lowest BCUT2D eigenvalue weighted by atomic mass is 10.3. The van der Waals surface area contributed by atoms with Crippen LogP contribution in [0.4, 0.5) is 0 Å². The van der Waals surface area contributed by atoms with E-state index in [9.17, 15) is 0 Å². The highest BCUT2D eigenvalue weighted by Crippen LogP contribution is 2.23. The van der Waals surface area contributed by atoms with Crippen molar-refractivity contribution >= 4 is 27.3 Å². The standard InChI is InChI=1S/C6H9BrN2S/c7-4-1-6(10-3-4)5(9)2-8/h1,3,5H,2,8-9H2. The Morgan fingerprint density at radius 3 is 2.80 bits per heavy atom.